The van der Waals surface area contributed by atoms with E-state index in [1.165, 1.54) is 15.9 Å². The Bertz CT molecular complexity index is 1980. The number of hydrogen-bond donors (Lipinski definition) is 0. The van der Waals surface area contributed by atoms with Gasteiger partial charge in [-0.05, 0) is 73.5 Å². The van der Waals surface area contributed by atoms with Gasteiger partial charge in [0.2, 0.25) is 4.96 Å². The van der Waals surface area contributed by atoms with Crippen molar-refractivity contribution < 1.29 is 9.47 Å². The standard InChI is InChI=1S/C34H32ClN5O3S/c1-3-5-9-19-42-27-15-12-23(13-16-27)32-36-34-40(38-32)33(41)30(44-34)21-25-22-39(26-10-7-6-8-11-26)37-31(25)24-14-17-29(28(35)20-24)43-18-4-2/h6-8,10-17,20-22H,3-5,9,18-19H2,1-2H3/b30-21-. The van der Waals surface area contributed by atoms with Gasteiger partial charge < -0.3 is 9.47 Å². The van der Waals surface area contributed by atoms with Gasteiger partial charge >= 0.3 is 0 Å². The average Bonchev–Trinajstić information content (AvgIpc) is 3.74. The molecule has 8 nitrogen and oxygen atoms in total. The molecule has 224 valence electrons. The van der Waals surface area contributed by atoms with E-state index in [1.807, 2.05) is 92.0 Å². The summed E-state index contributed by atoms with van der Waals surface area (Å²) in [4.78, 5) is 18.7. The fourth-order valence-electron chi connectivity index (χ4n) is 4.75. The van der Waals surface area contributed by atoms with Crippen molar-refractivity contribution in [1.29, 1.82) is 0 Å². The molecule has 0 saturated heterocycles. The van der Waals surface area contributed by atoms with E-state index in [1.54, 1.807) is 4.68 Å². The lowest BCUT2D eigenvalue weighted by atomic mass is 10.1. The van der Waals surface area contributed by atoms with Crippen LogP contribution in [0.5, 0.6) is 11.5 Å². The zero-order valence-electron chi connectivity index (χ0n) is 24.6. The van der Waals surface area contributed by atoms with Gasteiger partial charge in [0.15, 0.2) is 5.82 Å². The lowest BCUT2D eigenvalue weighted by molar-refractivity contribution is 0.306. The van der Waals surface area contributed by atoms with Crippen LogP contribution in [0, 0.1) is 0 Å². The summed E-state index contributed by atoms with van der Waals surface area (Å²) in [6.45, 7) is 5.50. The Morgan fingerprint density at radius 1 is 0.886 bits per heavy atom. The molecule has 0 saturated carbocycles. The third kappa shape index (κ3) is 6.39. The largest absolute Gasteiger partial charge is 0.494 e. The highest BCUT2D eigenvalue weighted by atomic mass is 35.5. The van der Waals surface area contributed by atoms with Crippen LogP contribution in [0.1, 0.15) is 45.1 Å². The predicted octanol–water partition coefficient (Wildman–Crippen LogP) is 7.23. The summed E-state index contributed by atoms with van der Waals surface area (Å²) in [6.07, 6.45) is 7.97. The van der Waals surface area contributed by atoms with Gasteiger partial charge in [-0.3, -0.25) is 4.79 Å². The van der Waals surface area contributed by atoms with Crippen molar-refractivity contribution in [3.8, 4) is 39.8 Å². The Hall–Kier alpha value is -4.47. The number of benzene rings is 3. The molecule has 0 bridgehead atoms. The summed E-state index contributed by atoms with van der Waals surface area (Å²) in [6, 6.07) is 23.1. The maximum absolute atomic E-state index is 13.5. The second-order valence-corrected chi connectivity index (χ2v) is 11.7. The van der Waals surface area contributed by atoms with Crippen molar-refractivity contribution >= 4 is 34.0 Å². The normalized spacial score (nSPS) is 11.8. The number of ether oxygens (including phenoxy) is 2. The van der Waals surface area contributed by atoms with Crippen molar-refractivity contribution in [3.05, 3.63) is 104 Å². The number of para-hydroxylation sites is 1. The first-order valence-corrected chi connectivity index (χ1v) is 16.0. The maximum atomic E-state index is 13.5. The minimum atomic E-state index is -0.237. The second kappa shape index (κ2) is 13.4. The average molecular weight is 626 g/mol. The first-order valence-electron chi connectivity index (χ1n) is 14.8. The Morgan fingerprint density at radius 2 is 1.68 bits per heavy atom. The Morgan fingerprint density at radius 3 is 2.41 bits per heavy atom. The smallest absolute Gasteiger partial charge is 0.291 e. The molecule has 44 heavy (non-hydrogen) atoms. The molecule has 3 aromatic carbocycles. The highest BCUT2D eigenvalue weighted by Crippen LogP contribution is 2.32. The number of halogens is 1. The lowest BCUT2D eigenvalue weighted by Crippen LogP contribution is -2.23. The molecule has 10 heteroatoms. The van der Waals surface area contributed by atoms with Crippen LogP contribution in [0.15, 0.2) is 83.8 Å². The van der Waals surface area contributed by atoms with Gasteiger partial charge in [-0.15, -0.1) is 5.10 Å². The van der Waals surface area contributed by atoms with Gasteiger partial charge in [-0.25, -0.2) is 4.68 Å². The number of unbranched alkanes of at least 4 members (excludes halogenated alkanes) is 2. The summed E-state index contributed by atoms with van der Waals surface area (Å²) in [5, 5.41) is 9.91. The van der Waals surface area contributed by atoms with E-state index < -0.39 is 0 Å². The molecule has 3 heterocycles. The van der Waals surface area contributed by atoms with E-state index in [-0.39, 0.29) is 5.56 Å². The summed E-state index contributed by atoms with van der Waals surface area (Å²) in [5.74, 6) is 1.93. The van der Waals surface area contributed by atoms with Crippen LogP contribution in [0.2, 0.25) is 5.02 Å². The van der Waals surface area contributed by atoms with Crippen molar-refractivity contribution in [3.63, 3.8) is 0 Å². The van der Waals surface area contributed by atoms with Crippen LogP contribution in [-0.2, 0) is 0 Å². The number of aromatic nitrogens is 5. The van der Waals surface area contributed by atoms with E-state index >= 15 is 0 Å². The van der Waals surface area contributed by atoms with Crippen LogP contribution < -0.4 is 19.6 Å². The van der Waals surface area contributed by atoms with Crippen LogP contribution in [0.4, 0.5) is 0 Å². The predicted molar refractivity (Wildman–Crippen MR) is 176 cm³/mol. The minimum Gasteiger partial charge on any atom is -0.494 e. The van der Waals surface area contributed by atoms with Gasteiger partial charge in [-0.1, -0.05) is 67.8 Å². The summed E-state index contributed by atoms with van der Waals surface area (Å²) in [5.41, 5.74) is 3.75. The van der Waals surface area contributed by atoms with Gasteiger partial charge in [0.05, 0.1) is 28.5 Å². The molecule has 0 aliphatic heterocycles. The number of thiazole rings is 1. The first-order chi connectivity index (χ1) is 21.5. The number of fused-ring (bicyclic) bond motifs is 1. The second-order valence-electron chi connectivity index (χ2n) is 10.3. The van der Waals surface area contributed by atoms with Crippen LogP contribution in [0.25, 0.3) is 39.4 Å². The zero-order chi connectivity index (χ0) is 30.5. The van der Waals surface area contributed by atoms with Gasteiger partial charge in [0, 0.05) is 22.9 Å². The molecular formula is C34H32ClN5O3S. The molecule has 0 amide bonds. The quantitative estimate of drug-likeness (QED) is 0.133. The third-order valence-corrected chi connectivity index (χ3v) is 8.28. The SMILES string of the molecule is CCCCCOc1ccc(-c2nc3s/c(=C\c4cn(-c5ccccc5)nc4-c4ccc(OCCC)c(Cl)c4)c(=O)n3n2)cc1. The van der Waals surface area contributed by atoms with Gasteiger partial charge in [0.1, 0.15) is 17.2 Å². The number of nitrogens with zero attached hydrogens (tertiary/aromatic N) is 5. The van der Waals surface area contributed by atoms with Crippen LogP contribution in [-0.4, -0.2) is 37.6 Å². The molecular weight excluding hydrogens is 594 g/mol. The van der Waals surface area contributed by atoms with E-state index in [2.05, 4.69) is 17.0 Å². The minimum absolute atomic E-state index is 0.237. The molecule has 0 aliphatic carbocycles. The molecule has 0 radical (unpaired) electrons. The van der Waals surface area contributed by atoms with Crippen LogP contribution in [0.3, 0.4) is 0 Å². The molecule has 6 rings (SSSR count). The molecule has 6 aromatic rings. The topological polar surface area (TPSA) is 83.5 Å². The first kappa shape index (κ1) is 29.6. The Kier molecular flexibility index (Phi) is 9.04. The van der Waals surface area contributed by atoms with E-state index in [9.17, 15) is 4.79 Å². The van der Waals surface area contributed by atoms with Gasteiger partial charge in [-0.2, -0.15) is 14.6 Å². The highest BCUT2D eigenvalue weighted by molar-refractivity contribution is 7.15. The van der Waals surface area contributed by atoms with E-state index in [4.69, 9.17) is 26.2 Å². The van der Waals surface area contributed by atoms with Crippen LogP contribution >= 0.6 is 22.9 Å². The molecule has 0 unspecified atom stereocenters. The molecule has 0 spiro atoms. The van der Waals surface area contributed by atoms with Gasteiger partial charge in [0.25, 0.3) is 5.56 Å². The molecule has 3 aromatic heterocycles. The molecule has 0 aliphatic rings. The van der Waals surface area contributed by atoms with Crippen molar-refractivity contribution in [2.75, 3.05) is 13.2 Å². The monoisotopic (exact) mass is 625 g/mol. The summed E-state index contributed by atoms with van der Waals surface area (Å²) >= 11 is 7.87. The number of hydrogen-bond acceptors (Lipinski definition) is 7. The Labute approximate surface area is 264 Å². The third-order valence-electron chi connectivity index (χ3n) is 7.03. The zero-order valence-corrected chi connectivity index (χ0v) is 26.1. The maximum Gasteiger partial charge on any atom is 0.291 e. The van der Waals surface area contributed by atoms with Crippen molar-refractivity contribution in [2.24, 2.45) is 0 Å². The molecule has 0 atom stereocenters. The lowest BCUT2D eigenvalue weighted by Gasteiger charge is -2.08. The van der Waals surface area contributed by atoms with E-state index in [0.717, 1.165) is 53.8 Å². The van der Waals surface area contributed by atoms with Crippen molar-refractivity contribution in [1.82, 2.24) is 24.4 Å². The molecule has 0 fully saturated rings. The fraction of sp³-hybridized carbons (Fsp3) is 0.235. The Balaban J connectivity index is 1.34. The highest BCUT2D eigenvalue weighted by Gasteiger charge is 2.16. The number of rotatable bonds is 12. The summed E-state index contributed by atoms with van der Waals surface area (Å²) < 4.78 is 15.2. The molecule has 0 N–H and O–H groups in total. The summed E-state index contributed by atoms with van der Waals surface area (Å²) in [7, 11) is 0. The fourth-order valence-corrected chi connectivity index (χ4v) is 5.88. The van der Waals surface area contributed by atoms with E-state index in [0.29, 0.717) is 45.0 Å². The van der Waals surface area contributed by atoms with Crippen molar-refractivity contribution in [2.45, 2.75) is 39.5 Å².